The van der Waals surface area contributed by atoms with Crippen LogP contribution in [0, 0.1) is 5.92 Å². The Kier molecular flexibility index (Phi) is 14.5. The van der Waals surface area contributed by atoms with Gasteiger partial charge in [0.1, 0.15) is 23.6 Å². The molecule has 0 aliphatic carbocycles. The van der Waals surface area contributed by atoms with Crippen molar-refractivity contribution in [3.8, 4) is 5.75 Å². The molecule has 1 aromatic carbocycles. The van der Waals surface area contributed by atoms with Crippen LogP contribution in [0.5, 0.6) is 5.75 Å². The van der Waals surface area contributed by atoms with E-state index in [0.717, 1.165) is 29.4 Å². The van der Waals surface area contributed by atoms with E-state index in [9.17, 15) is 14.7 Å². The molecular formula is C38H62O10Si. The summed E-state index contributed by atoms with van der Waals surface area (Å²) in [6.07, 6.45) is -1.67. The highest BCUT2D eigenvalue weighted by atomic mass is 28.4. The molecule has 2 aliphatic heterocycles. The maximum absolute atomic E-state index is 13.0. The molecule has 0 aromatic heterocycles. The SMILES string of the molecule is C=C(C(O)[C@H]1C[C@](C)(O[Si](CC)(CC)CC)C[C@@]2(C[C@@H](OC(C)=O)C[C@H](CC(=O)OC(C)(C)C)O2)O1)[C@@H](C)COCc1ccc(OC)cc1. The molecule has 278 valence electrons. The van der Waals surface area contributed by atoms with Crippen LogP contribution >= 0.6 is 0 Å². The monoisotopic (exact) mass is 706 g/mol. The standard InChI is InChI=1S/C38H62O10Si/c1-12-49(13-2,14-3)48-37(10)22-33(35(41)27(5)26(4)23-43-24-29-15-17-30(42-11)18-16-29)46-38(25-37)21-32(44-28(6)39)19-31(45-38)20-34(40)47-36(7,8)9/h15-18,26,31-33,35,41H,5,12-14,19-25H2,1-4,6-11H3/t26-,31+,32-,33+,35?,37-,38+/m0/s1. The summed E-state index contributed by atoms with van der Waals surface area (Å²) in [6, 6.07) is 10.5. The summed E-state index contributed by atoms with van der Waals surface area (Å²) in [4.78, 5) is 25.2. The average molecular weight is 707 g/mol. The molecule has 1 aromatic rings. The van der Waals surface area contributed by atoms with Gasteiger partial charge in [0.15, 0.2) is 14.1 Å². The molecule has 7 atom stereocenters. The predicted octanol–water partition coefficient (Wildman–Crippen LogP) is 7.26. The van der Waals surface area contributed by atoms with Crippen molar-refractivity contribution < 1.29 is 47.5 Å². The number of rotatable bonds is 16. The fraction of sp³-hybridized carbons (Fsp3) is 0.737. The second kappa shape index (κ2) is 17.3. The van der Waals surface area contributed by atoms with Crippen molar-refractivity contribution in [1.29, 1.82) is 0 Å². The van der Waals surface area contributed by atoms with E-state index in [1.54, 1.807) is 7.11 Å². The molecule has 1 unspecified atom stereocenters. The van der Waals surface area contributed by atoms with Crippen LogP contribution in [-0.2, 0) is 44.3 Å². The minimum Gasteiger partial charge on any atom is -0.497 e. The minimum absolute atomic E-state index is 0.0300. The Labute approximate surface area is 295 Å². The van der Waals surface area contributed by atoms with Crippen LogP contribution in [0.3, 0.4) is 0 Å². The van der Waals surface area contributed by atoms with Gasteiger partial charge in [-0.1, -0.05) is 46.4 Å². The van der Waals surface area contributed by atoms with Gasteiger partial charge in [-0.05, 0) is 69.1 Å². The molecule has 49 heavy (non-hydrogen) atoms. The molecule has 1 spiro atoms. The number of carbonyl (C=O) groups excluding carboxylic acids is 2. The topological polar surface area (TPSA) is 119 Å². The summed E-state index contributed by atoms with van der Waals surface area (Å²) < 4.78 is 43.3. The fourth-order valence-corrected chi connectivity index (χ4v) is 10.3. The molecular weight excluding hydrogens is 644 g/mol. The highest BCUT2D eigenvalue weighted by Crippen LogP contribution is 2.49. The summed E-state index contributed by atoms with van der Waals surface area (Å²) in [5.74, 6) is -1.51. The summed E-state index contributed by atoms with van der Waals surface area (Å²) in [6.45, 7) is 22.5. The maximum atomic E-state index is 13.0. The lowest BCUT2D eigenvalue weighted by Crippen LogP contribution is -2.63. The van der Waals surface area contributed by atoms with E-state index in [0.29, 0.717) is 38.0 Å². The van der Waals surface area contributed by atoms with Crippen molar-refractivity contribution in [2.45, 2.75) is 161 Å². The molecule has 10 nitrogen and oxygen atoms in total. The highest BCUT2D eigenvalue weighted by Gasteiger charge is 2.56. The largest absolute Gasteiger partial charge is 0.497 e. The quantitative estimate of drug-likeness (QED) is 0.107. The number of benzene rings is 1. The summed E-state index contributed by atoms with van der Waals surface area (Å²) in [5, 5.41) is 11.9. The van der Waals surface area contributed by atoms with E-state index in [-0.39, 0.29) is 18.8 Å². The van der Waals surface area contributed by atoms with Gasteiger partial charge >= 0.3 is 11.9 Å². The first kappa shape index (κ1) is 41.1. The zero-order valence-electron chi connectivity index (χ0n) is 31.6. The first-order valence-electron chi connectivity index (χ1n) is 17.9. The van der Waals surface area contributed by atoms with E-state index < -0.39 is 61.7 Å². The number of carbonyl (C=O) groups is 2. The number of aliphatic hydroxyl groups is 1. The predicted molar refractivity (Wildman–Crippen MR) is 191 cm³/mol. The molecule has 2 aliphatic rings. The van der Waals surface area contributed by atoms with Crippen molar-refractivity contribution in [1.82, 2.24) is 0 Å². The molecule has 0 bridgehead atoms. The zero-order chi connectivity index (χ0) is 36.6. The third-order valence-corrected chi connectivity index (χ3v) is 14.6. The van der Waals surface area contributed by atoms with Crippen LogP contribution < -0.4 is 4.74 Å². The van der Waals surface area contributed by atoms with Gasteiger partial charge < -0.3 is 38.0 Å². The molecule has 3 rings (SSSR count). The molecule has 2 fully saturated rings. The second-order valence-corrected chi connectivity index (χ2v) is 19.9. The van der Waals surface area contributed by atoms with Gasteiger partial charge in [-0.25, -0.2) is 0 Å². The molecule has 0 radical (unpaired) electrons. The lowest BCUT2D eigenvalue weighted by molar-refractivity contribution is -0.355. The van der Waals surface area contributed by atoms with Gasteiger partial charge in [0, 0.05) is 38.5 Å². The normalized spacial score (nSPS) is 27.3. The number of hydrogen-bond donors (Lipinski definition) is 1. The van der Waals surface area contributed by atoms with Crippen molar-refractivity contribution in [2.24, 2.45) is 5.92 Å². The van der Waals surface area contributed by atoms with E-state index in [1.807, 2.05) is 52.0 Å². The van der Waals surface area contributed by atoms with E-state index in [2.05, 4.69) is 34.3 Å². The van der Waals surface area contributed by atoms with Crippen LogP contribution in [0.1, 0.15) is 100.0 Å². The lowest BCUT2D eigenvalue weighted by atomic mass is 9.79. The summed E-state index contributed by atoms with van der Waals surface area (Å²) in [7, 11) is -0.510. The third kappa shape index (κ3) is 11.9. The van der Waals surface area contributed by atoms with Crippen molar-refractivity contribution in [2.75, 3.05) is 13.7 Å². The van der Waals surface area contributed by atoms with E-state index in [4.69, 9.17) is 32.8 Å². The van der Waals surface area contributed by atoms with Crippen molar-refractivity contribution in [3.63, 3.8) is 0 Å². The fourth-order valence-electron chi connectivity index (χ4n) is 7.21. The molecule has 0 amide bonds. The Hall–Kier alpha value is -2.28. The Bertz CT molecular complexity index is 1230. The van der Waals surface area contributed by atoms with Crippen molar-refractivity contribution in [3.05, 3.63) is 42.0 Å². The van der Waals surface area contributed by atoms with Crippen molar-refractivity contribution >= 4 is 20.3 Å². The Balaban J connectivity index is 1.88. The van der Waals surface area contributed by atoms with E-state index in [1.165, 1.54) is 6.92 Å². The van der Waals surface area contributed by atoms with Crippen LogP contribution in [0.15, 0.2) is 36.4 Å². The average Bonchev–Trinajstić information content (AvgIpc) is 3.01. The van der Waals surface area contributed by atoms with Crippen LogP contribution in [0.4, 0.5) is 0 Å². The third-order valence-electron chi connectivity index (χ3n) is 9.79. The molecule has 11 heteroatoms. The van der Waals surface area contributed by atoms with Gasteiger partial charge in [0.25, 0.3) is 0 Å². The smallest absolute Gasteiger partial charge is 0.308 e. The molecule has 2 heterocycles. The summed E-state index contributed by atoms with van der Waals surface area (Å²) >= 11 is 0. The molecule has 0 saturated carbocycles. The number of hydrogen-bond acceptors (Lipinski definition) is 10. The molecule has 1 N–H and O–H groups in total. The second-order valence-electron chi connectivity index (χ2n) is 15.2. The Morgan fingerprint density at radius 3 is 2.27 bits per heavy atom. The van der Waals surface area contributed by atoms with Crippen LogP contribution in [0.2, 0.25) is 18.1 Å². The number of methoxy groups -OCH3 is 1. The molecule has 2 saturated heterocycles. The van der Waals surface area contributed by atoms with Gasteiger partial charge in [-0.15, -0.1) is 0 Å². The first-order valence-corrected chi connectivity index (χ1v) is 20.4. The number of aliphatic hydroxyl groups excluding tert-OH is 1. The zero-order valence-corrected chi connectivity index (χ0v) is 32.6. The highest BCUT2D eigenvalue weighted by molar-refractivity contribution is 6.73. The number of ether oxygens (including phenoxy) is 6. The number of esters is 2. The van der Waals surface area contributed by atoms with Crippen LogP contribution in [0.25, 0.3) is 0 Å². The Morgan fingerprint density at radius 2 is 1.71 bits per heavy atom. The van der Waals surface area contributed by atoms with Gasteiger partial charge in [0.05, 0.1) is 44.6 Å². The summed E-state index contributed by atoms with van der Waals surface area (Å²) in [5.41, 5.74) is 0.214. The maximum Gasteiger partial charge on any atom is 0.308 e. The first-order chi connectivity index (χ1) is 22.9. The van der Waals surface area contributed by atoms with Gasteiger partial charge in [-0.2, -0.15) is 0 Å². The van der Waals surface area contributed by atoms with Gasteiger partial charge in [-0.3, -0.25) is 9.59 Å². The van der Waals surface area contributed by atoms with Gasteiger partial charge in [0.2, 0.25) is 0 Å². The van der Waals surface area contributed by atoms with E-state index >= 15 is 0 Å². The lowest BCUT2D eigenvalue weighted by Gasteiger charge is -2.55. The Morgan fingerprint density at radius 1 is 1.08 bits per heavy atom. The minimum atomic E-state index is -2.14. The van der Waals surface area contributed by atoms with Crippen LogP contribution in [-0.4, -0.2) is 80.5 Å².